The summed E-state index contributed by atoms with van der Waals surface area (Å²) in [5, 5.41) is 18.7. The van der Waals surface area contributed by atoms with Gasteiger partial charge >= 0.3 is 5.97 Å². The Kier molecular flexibility index (Phi) is 4.26. The van der Waals surface area contributed by atoms with E-state index < -0.39 is 16.0 Å². The number of aromatic nitrogens is 2. The van der Waals surface area contributed by atoms with Crippen LogP contribution in [0.3, 0.4) is 0 Å². The number of nitrogens with two attached hydrogens (primary N) is 2. The number of nitrogen functional groups attached to an aromatic ring is 1. The van der Waals surface area contributed by atoms with Crippen molar-refractivity contribution in [3.63, 3.8) is 0 Å². The normalized spacial score (nSPS) is 11.5. The fourth-order valence-corrected chi connectivity index (χ4v) is 3.16. The number of hydrogen-bond acceptors (Lipinski definition) is 5. The molecular formula is C17H16N4O4S. The Balaban J connectivity index is 2.22. The molecule has 9 heteroatoms. The number of sulfonamides is 1. The molecule has 1 heterocycles. The Morgan fingerprint density at radius 2 is 1.65 bits per heavy atom. The monoisotopic (exact) mass is 372 g/mol. The van der Waals surface area contributed by atoms with Crippen molar-refractivity contribution >= 4 is 21.7 Å². The average Bonchev–Trinajstić information content (AvgIpc) is 2.92. The zero-order chi connectivity index (χ0) is 19.1. The highest BCUT2D eigenvalue weighted by molar-refractivity contribution is 7.89. The second kappa shape index (κ2) is 6.28. The number of primary sulfonamides is 1. The number of carboxylic acid groups (broad SMARTS) is 1. The molecule has 0 aliphatic carbocycles. The summed E-state index contributed by atoms with van der Waals surface area (Å²) in [4.78, 5) is 11.5. The molecule has 134 valence electrons. The minimum atomic E-state index is -3.82. The van der Waals surface area contributed by atoms with Crippen LogP contribution in [0.1, 0.15) is 16.1 Å². The maximum Gasteiger partial charge on any atom is 0.356 e. The van der Waals surface area contributed by atoms with Gasteiger partial charge in [0.2, 0.25) is 10.0 Å². The Labute approximate surface area is 149 Å². The van der Waals surface area contributed by atoms with E-state index in [0.717, 1.165) is 5.56 Å². The molecule has 1 aromatic heterocycles. The first kappa shape index (κ1) is 17.6. The molecule has 5 N–H and O–H groups in total. The van der Waals surface area contributed by atoms with E-state index in [1.54, 1.807) is 31.2 Å². The zero-order valence-electron chi connectivity index (χ0n) is 13.7. The predicted molar refractivity (Wildman–Crippen MR) is 96.5 cm³/mol. The first-order valence-corrected chi connectivity index (χ1v) is 9.05. The van der Waals surface area contributed by atoms with Gasteiger partial charge in [-0.05, 0) is 43.3 Å². The summed E-state index contributed by atoms with van der Waals surface area (Å²) in [6.45, 7) is 1.66. The van der Waals surface area contributed by atoms with Gasteiger partial charge in [0.1, 0.15) is 0 Å². The Morgan fingerprint density at radius 3 is 2.15 bits per heavy atom. The van der Waals surface area contributed by atoms with Crippen molar-refractivity contribution in [1.82, 2.24) is 9.78 Å². The summed E-state index contributed by atoms with van der Waals surface area (Å²) in [5.41, 5.74) is 8.49. The van der Waals surface area contributed by atoms with Crippen molar-refractivity contribution in [3.05, 3.63) is 59.8 Å². The number of nitrogens with zero attached hydrogens (tertiary/aromatic N) is 2. The van der Waals surface area contributed by atoms with Gasteiger partial charge in [-0.25, -0.2) is 23.0 Å². The molecule has 0 aliphatic heterocycles. The number of anilines is 1. The van der Waals surface area contributed by atoms with Gasteiger partial charge in [0, 0.05) is 16.8 Å². The molecule has 0 amide bonds. The largest absolute Gasteiger partial charge is 0.476 e. The zero-order valence-corrected chi connectivity index (χ0v) is 14.6. The Morgan fingerprint density at radius 1 is 1.08 bits per heavy atom. The van der Waals surface area contributed by atoms with Crippen LogP contribution < -0.4 is 10.9 Å². The molecular weight excluding hydrogens is 356 g/mol. The Bertz CT molecular complexity index is 1090. The SMILES string of the molecule is Cc1c(C(=O)O)nn(-c2ccc(S(N)(=O)=O)cc2)c1-c1ccc(N)cc1. The van der Waals surface area contributed by atoms with Crippen LogP contribution in [0.2, 0.25) is 0 Å². The maximum atomic E-state index is 11.5. The van der Waals surface area contributed by atoms with E-state index in [-0.39, 0.29) is 10.6 Å². The van der Waals surface area contributed by atoms with Crippen molar-refractivity contribution in [2.75, 3.05) is 5.73 Å². The van der Waals surface area contributed by atoms with E-state index in [2.05, 4.69) is 5.10 Å². The van der Waals surface area contributed by atoms with Crippen molar-refractivity contribution < 1.29 is 18.3 Å². The van der Waals surface area contributed by atoms with Gasteiger partial charge in [-0.1, -0.05) is 12.1 Å². The first-order chi connectivity index (χ1) is 12.2. The van der Waals surface area contributed by atoms with E-state index >= 15 is 0 Å². The second-order valence-corrected chi connectivity index (χ2v) is 7.26. The molecule has 0 radical (unpaired) electrons. The first-order valence-electron chi connectivity index (χ1n) is 7.50. The molecule has 0 saturated carbocycles. The van der Waals surface area contributed by atoms with Crippen LogP contribution in [0, 0.1) is 6.92 Å². The fraction of sp³-hybridized carbons (Fsp3) is 0.0588. The van der Waals surface area contributed by atoms with Gasteiger partial charge in [0.05, 0.1) is 16.3 Å². The lowest BCUT2D eigenvalue weighted by molar-refractivity contribution is 0.0689. The van der Waals surface area contributed by atoms with Gasteiger partial charge in [0.15, 0.2) is 5.69 Å². The second-order valence-electron chi connectivity index (χ2n) is 5.70. The topological polar surface area (TPSA) is 141 Å². The maximum absolute atomic E-state index is 11.5. The van der Waals surface area contributed by atoms with Gasteiger partial charge < -0.3 is 10.8 Å². The van der Waals surface area contributed by atoms with Crippen LogP contribution in [0.4, 0.5) is 5.69 Å². The lowest BCUT2D eigenvalue weighted by atomic mass is 10.1. The van der Waals surface area contributed by atoms with Gasteiger partial charge in [-0.3, -0.25) is 0 Å². The van der Waals surface area contributed by atoms with Crippen LogP contribution in [-0.2, 0) is 10.0 Å². The molecule has 8 nitrogen and oxygen atoms in total. The van der Waals surface area contributed by atoms with Gasteiger partial charge in [-0.15, -0.1) is 0 Å². The molecule has 3 aromatic rings. The fourth-order valence-electron chi connectivity index (χ4n) is 2.64. The minimum absolute atomic E-state index is 0.0439. The highest BCUT2D eigenvalue weighted by Crippen LogP contribution is 2.29. The van der Waals surface area contributed by atoms with Crippen molar-refractivity contribution in [2.24, 2.45) is 5.14 Å². The van der Waals surface area contributed by atoms with E-state index in [4.69, 9.17) is 10.9 Å². The molecule has 0 aliphatic rings. The molecule has 26 heavy (non-hydrogen) atoms. The molecule has 0 fully saturated rings. The van der Waals surface area contributed by atoms with E-state index in [0.29, 0.717) is 22.6 Å². The lowest BCUT2D eigenvalue weighted by Crippen LogP contribution is -2.12. The van der Waals surface area contributed by atoms with Crippen LogP contribution in [-0.4, -0.2) is 29.3 Å². The molecule has 0 unspecified atom stereocenters. The van der Waals surface area contributed by atoms with Gasteiger partial charge in [0.25, 0.3) is 0 Å². The van der Waals surface area contributed by atoms with Crippen LogP contribution >= 0.6 is 0 Å². The molecule has 0 bridgehead atoms. The summed E-state index contributed by atoms with van der Waals surface area (Å²) in [6, 6.07) is 12.6. The third kappa shape index (κ3) is 3.17. The summed E-state index contributed by atoms with van der Waals surface area (Å²) in [7, 11) is -3.82. The van der Waals surface area contributed by atoms with E-state index in [1.807, 2.05) is 0 Å². The number of hydrogen-bond donors (Lipinski definition) is 3. The predicted octanol–water partition coefficient (Wildman–Crippen LogP) is 1.78. The van der Waals surface area contributed by atoms with E-state index in [9.17, 15) is 18.3 Å². The molecule has 3 rings (SSSR count). The summed E-state index contributed by atoms with van der Waals surface area (Å²) >= 11 is 0. The number of carbonyl (C=O) groups is 1. The minimum Gasteiger partial charge on any atom is -0.476 e. The molecule has 0 atom stereocenters. The molecule has 2 aromatic carbocycles. The standard InChI is InChI=1S/C17H16N4O4S/c1-10-15(17(22)23)20-21(16(10)11-2-4-12(18)5-3-11)13-6-8-14(9-7-13)26(19,24)25/h2-9H,18H2,1H3,(H,22,23)(H2,19,24,25). The number of benzene rings is 2. The highest BCUT2D eigenvalue weighted by Gasteiger charge is 2.21. The molecule has 0 spiro atoms. The van der Waals surface area contributed by atoms with Crippen molar-refractivity contribution in [3.8, 4) is 16.9 Å². The quantitative estimate of drug-likeness (QED) is 0.596. The summed E-state index contributed by atoms with van der Waals surface area (Å²) in [5.74, 6) is -1.15. The lowest BCUT2D eigenvalue weighted by Gasteiger charge is -2.10. The average molecular weight is 372 g/mol. The Hall–Kier alpha value is -3.17. The van der Waals surface area contributed by atoms with Crippen LogP contribution in [0.5, 0.6) is 0 Å². The number of aromatic carboxylic acids is 1. The van der Waals surface area contributed by atoms with Gasteiger partial charge in [-0.2, -0.15) is 5.10 Å². The summed E-state index contributed by atoms with van der Waals surface area (Å²) < 4.78 is 24.3. The van der Waals surface area contributed by atoms with Crippen LogP contribution in [0.15, 0.2) is 53.4 Å². The third-order valence-corrected chi connectivity index (χ3v) is 4.85. The van der Waals surface area contributed by atoms with Crippen molar-refractivity contribution in [2.45, 2.75) is 11.8 Å². The number of rotatable bonds is 4. The highest BCUT2D eigenvalue weighted by atomic mass is 32.2. The molecule has 0 saturated heterocycles. The van der Waals surface area contributed by atoms with Crippen molar-refractivity contribution in [1.29, 1.82) is 0 Å². The smallest absolute Gasteiger partial charge is 0.356 e. The van der Waals surface area contributed by atoms with E-state index in [1.165, 1.54) is 28.9 Å². The number of carboxylic acids is 1. The third-order valence-electron chi connectivity index (χ3n) is 3.92. The summed E-state index contributed by atoms with van der Waals surface area (Å²) in [6.07, 6.45) is 0. The van der Waals surface area contributed by atoms with Crippen LogP contribution in [0.25, 0.3) is 16.9 Å².